The number of nitrogens with zero attached hydrogens (tertiary/aromatic N) is 1. The van der Waals surface area contributed by atoms with Gasteiger partial charge in [0.15, 0.2) is 0 Å². The predicted octanol–water partition coefficient (Wildman–Crippen LogP) is 5.71. The molecule has 2 aromatic carbocycles. The third-order valence-electron chi connectivity index (χ3n) is 6.34. The topological polar surface area (TPSA) is 49.4 Å². The van der Waals surface area contributed by atoms with Gasteiger partial charge in [0.2, 0.25) is 11.8 Å². The van der Waals surface area contributed by atoms with Crippen molar-refractivity contribution in [3.63, 3.8) is 0 Å². The largest absolute Gasteiger partial charge is 0.352 e. The maximum absolute atomic E-state index is 13.4. The molecule has 0 aromatic heterocycles. The second-order valence-corrected chi connectivity index (χ2v) is 10.4. The van der Waals surface area contributed by atoms with E-state index in [1.165, 1.54) is 35.1 Å². The van der Waals surface area contributed by atoms with Gasteiger partial charge in [-0.3, -0.25) is 9.59 Å². The molecule has 1 N–H and O–H groups in total. The van der Waals surface area contributed by atoms with E-state index >= 15 is 0 Å². The van der Waals surface area contributed by atoms with Crippen LogP contribution in [-0.2, 0) is 21.9 Å². The van der Waals surface area contributed by atoms with Crippen LogP contribution in [0, 0.1) is 20.8 Å². The molecule has 0 unspecified atom stereocenters. The molecule has 1 fully saturated rings. The fraction of sp³-hybridized carbons (Fsp3) is 0.500. The van der Waals surface area contributed by atoms with E-state index in [1.54, 1.807) is 16.7 Å². The van der Waals surface area contributed by atoms with E-state index in [9.17, 15) is 9.59 Å². The molecule has 5 heteroatoms. The summed E-state index contributed by atoms with van der Waals surface area (Å²) in [6.07, 6.45) is 5.03. The summed E-state index contributed by atoms with van der Waals surface area (Å²) in [5.74, 6) is 1.17. The first-order valence-corrected chi connectivity index (χ1v) is 13.3. The number of hydrogen-bond acceptors (Lipinski definition) is 3. The monoisotopic (exact) mass is 466 g/mol. The lowest BCUT2D eigenvalue weighted by molar-refractivity contribution is -0.139. The molecular weight excluding hydrogens is 428 g/mol. The molecule has 0 spiro atoms. The van der Waals surface area contributed by atoms with Crippen LogP contribution in [0.4, 0.5) is 0 Å². The van der Waals surface area contributed by atoms with Crippen LogP contribution in [0.3, 0.4) is 0 Å². The molecule has 1 saturated carbocycles. The van der Waals surface area contributed by atoms with E-state index in [4.69, 9.17) is 0 Å². The minimum absolute atomic E-state index is 0.0100. The Labute approximate surface area is 203 Å². The number of thioether (sulfide) groups is 1. The van der Waals surface area contributed by atoms with E-state index in [0.717, 1.165) is 24.2 Å². The molecule has 0 bridgehead atoms. The molecular formula is C28H38N2O2S. The average molecular weight is 467 g/mol. The number of carbonyl (C=O) groups excluding carboxylic acids is 2. The van der Waals surface area contributed by atoms with Crippen molar-refractivity contribution in [3.8, 4) is 0 Å². The van der Waals surface area contributed by atoms with E-state index in [2.05, 4.69) is 68.6 Å². The van der Waals surface area contributed by atoms with Crippen molar-refractivity contribution in [2.45, 2.75) is 84.2 Å². The highest BCUT2D eigenvalue weighted by molar-refractivity contribution is 7.99. The van der Waals surface area contributed by atoms with Crippen LogP contribution in [0.15, 0.2) is 42.5 Å². The van der Waals surface area contributed by atoms with E-state index in [0.29, 0.717) is 18.7 Å². The van der Waals surface area contributed by atoms with Crippen molar-refractivity contribution < 1.29 is 9.59 Å². The Kier molecular flexibility index (Phi) is 9.42. The minimum atomic E-state index is -0.443. The number of rotatable bonds is 10. The highest BCUT2D eigenvalue weighted by Gasteiger charge is 2.30. The molecule has 178 valence electrons. The molecule has 1 aliphatic rings. The number of hydrogen-bond donors (Lipinski definition) is 1. The van der Waals surface area contributed by atoms with Crippen molar-refractivity contribution in [3.05, 3.63) is 70.3 Å². The lowest BCUT2D eigenvalue weighted by atomic mass is 10.1. The van der Waals surface area contributed by atoms with E-state index < -0.39 is 6.04 Å². The highest BCUT2D eigenvalue weighted by atomic mass is 32.2. The second-order valence-electron chi connectivity index (χ2n) is 9.41. The van der Waals surface area contributed by atoms with Crippen molar-refractivity contribution in [2.75, 3.05) is 5.75 Å². The van der Waals surface area contributed by atoms with Gasteiger partial charge >= 0.3 is 0 Å². The molecule has 0 heterocycles. The maximum Gasteiger partial charge on any atom is 0.243 e. The molecule has 0 saturated heterocycles. The third kappa shape index (κ3) is 7.63. The molecule has 0 aliphatic heterocycles. The number of benzene rings is 2. The summed E-state index contributed by atoms with van der Waals surface area (Å²) in [5.41, 5.74) is 5.97. The summed E-state index contributed by atoms with van der Waals surface area (Å²) in [6, 6.07) is 14.6. The smallest absolute Gasteiger partial charge is 0.243 e. The zero-order valence-corrected chi connectivity index (χ0v) is 21.3. The van der Waals surface area contributed by atoms with Gasteiger partial charge in [-0.15, -0.1) is 11.8 Å². The minimum Gasteiger partial charge on any atom is -0.352 e. The Bertz CT molecular complexity index is 915. The lowest BCUT2D eigenvalue weighted by Crippen LogP contribution is -2.51. The van der Waals surface area contributed by atoms with Crippen molar-refractivity contribution >= 4 is 23.6 Å². The first-order chi connectivity index (χ1) is 15.9. The first-order valence-electron chi connectivity index (χ1n) is 12.2. The van der Waals surface area contributed by atoms with Gasteiger partial charge in [0.25, 0.3) is 0 Å². The Morgan fingerprint density at radius 1 is 0.970 bits per heavy atom. The van der Waals surface area contributed by atoms with Gasteiger partial charge in [-0.1, -0.05) is 78.9 Å². The zero-order chi connectivity index (χ0) is 23.8. The maximum atomic E-state index is 13.4. The summed E-state index contributed by atoms with van der Waals surface area (Å²) < 4.78 is 0. The zero-order valence-electron chi connectivity index (χ0n) is 20.5. The van der Waals surface area contributed by atoms with Crippen LogP contribution in [0.5, 0.6) is 0 Å². The Balaban J connectivity index is 1.70. The van der Waals surface area contributed by atoms with Crippen LogP contribution in [-0.4, -0.2) is 34.6 Å². The van der Waals surface area contributed by atoms with Crippen molar-refractivity contribution in [1.82, 2.24) is 10.2 Å². The number of nitrogens with one attached hydrogen (secondary N) is 1. The normalized spacial score (nSPS) is 14.8. The van der Waals surface area contributed by atoms with Gasteiger partial charge in [0.1, 0.15) is 6.04 Å². The molecule has 2 amide bonds. The van der Waals surface area contributed by atoms with E-state index in [1.807, 2.05) is 6.92 Å². The number of amides is 2. The Morgan fingerprint density at radius 3 is 2.21 bits per heavy atom. The van der Waals surface area contributed by atoms with E-state index in [-0.39, 0.29) is 17.9 Å². The van der Waals surface area contributed by atoms with Crippen LogP contribution in [0.25, 0.3) is 0 Å². The number of aryl methyl sites for hydroxylation is 3. The van der Waals surface area contributed by atoms with Crippen LogP contribution < -0.4 is 5.32 Å². The van der Waals surface area contributed by atoms with Crippen molar-refractivity contribution in [2.24, 2.45) is 0 Å². The molecule has 3 rings (SSSR count). The van der Waals surface area contributed by atoms with Gasteiger partial charge in [0.05, 0.1) is 5.75 Å². The Hall–Kier alpha value is -2.27. The van der Waals surface area contributed by atoms with Gasteiger partial charge < -0.3 is 10.2 Å². The summed E-state index contributed by atoms with van der Waals surface area (Å²) in [6.45, 7) is 8.71. The predicted molar refractivity (Wildman–Crippen MR) is 138 cm³/mol. The molecule has 33 heavy (non-hydrogen) atoms. The molecule has 0 radical (unpaired) electrons. The first kappa shape index (κ1) is 25.4. The summed E-state index contributed by atoms with van der Waals surface area (Å²) >= 11 is 1.62. The second kappa shape index (κ2) is 12.3. The number of carbonyl (C=O) groups is 2. The summed E-state index contributed by atoms with van der Waals surface area (Å²) in [5, 5.41) is 3.21. The fourth-order valence-electron chi connectivity index (χ4n) is 4.67. The average Bonchev–Trinajstić information content (AvgIpc) is 3.27. The van der Waals surface area contributed by atoms with Crippen LogP contribution in [0.1, 0.15) is 66.8 Å². The lowest BCUT2D eigenvalue weighted by Gasteiger charge is -2.31. The Morgan fingerprint density at radius 2 is 1.61 bits per heavy atom. The summed E-state index contributed by atoms with van der Waals surface area (Å²) in [7, 11) is 0. The van der Waals surface area contributed by atoms with Gasteiger partial charge in [-0.2, -0.15) is 0 Å². The van der Waals surface area contributed by atoms with Crippen molar-refractivity contribution in [1.29, 1.82) is 0 Å². The molecule has 1 aliphatic carbocycles. The SMILES string of the molecule is CC[C@H](C(=O)NC1CCCC1)N(Cc1ccc(C)cc1)C(=O)CSCc1cc(C)cc(C)c1. The van der Waals surface area contributed by atoms with Crippen LogP contribution >= 0.6 is 11.8 Å². The summed E-state index contributed by atoms with van der Waals surface area (Å²) in [4.78, 5) is 28.4. The molecule has 4 nitrogen and oxygen atoms in total. The fourth-order valence-corrected chi connectivity index (χ4v) is 5.51. The molecule has 2 aromatic rings. The standard InChI is InChI=1S/C28H38N2O2S/c1-5-26(28(32)29-25-8-6-7-9-25)30(17-23-12-10-20(2)11-13-23)27(31)19-33-18-24-15-21(3)14-22(4)16-24/h10-16,25-26H,5-9,17-19H2,1-4H3,(H,29,32)/t26-/m1/s1. The van der Waals surface area contributed by atoms with Gasteiger partial charge in [0, 0.05) is 18.3 Å². The molecule has 1 atom stereocenters. The van der Waals surface area contributed by atoms with Gasteiger partial charge in [-0.05, 0) is 51.2 Å². The van der Waals surface area contributed by atoms with Crippen LogP contribution in [0.2, 0.25) is 0 Å². The van der Waals surface area contributed by atoms with Gasteiger partial charge in [-0.25, -0.2) is 0 Å². The third-order valence-corrected chi connectivity index (χ3v) is 7.33. The highest BCUT2D eigenvalue weighted by Crippen LogP contribution is 2.21. The quantitative estimate of drug-likeness (QED) is 0.488.